The summed E-state index contributed by atoms with van der Waals surface area (Å²) in [6.45, 7) is 0. The van der Waals surface area contributed by atoms with Crippen LogP contribution in [0.15, 0.2) is 0 Å². The Morgan fingerprint density at radius 2 is 1.95 bits per heavy atom. The van der Waals surface area contributed by atoms with Gasteiger partial charge in [0.15, 0.2) is 0 Å². The van der Waals surface area contributed by atoms with Gasteiger partial charge in [0, 0.05) is 18.1 Å². The molecule has 0 bridgehead atoms. The first-order valence-corrected chi connectivity index (χ1v) is 8.76. The number of rotatable bonds is 6. The number of ether oxygens (including phenoxy) is 1. The van der Waals surface area contributed by atoms with E-state index >= 15 is 0 Å². The number of carbonyl (C=O) groups excluding carboxylic acids is 1. The van der Waals surface area contributed by atoms with Crippen molar-refractivity contribution < 1.29 is 22.7 Å². The van der Waals surface area contributed by atoms with Gasteiger partial charge in [0.05, 0.1) is 20.0 Å². The number of carbonyl (C=O) groups is 1. The summed E-state index contributed by atoms with van der Waals surface area (Å²) in [5.41, 5.74) is 0. The van der Waals surface area contributed by atoms with Crippen LogP contribution < -0.4 is 0 Å². The van der Waals surface area contributed by atoms with Gasteiger partial charge in [0.25, 0.3) is 0 Å². The van der Waals surface area contributed by atoms with Gasteiger partial charge in [0.1, 0.15) is 0 Å². The van der Waals surface area contributed by atoms with E-state index < -0.39 is 12.6 Å². The minimum atomic E-state index is -4.04. The van der Waals surface area contributed by atoms with Gasteiger partial charge in [-0.25, -0.2) is 0 Å². The van der Waals surface area contributed by atoms with E-state index in [9.17, 15) is 18.0 Å². The number of thioether (sulfide) groups is 1. The summed E-state index contributed by atoms with van der Waals surface area (Å²) in [6.07, 6.45) is 0.216. The Balaban J connectivity index is 2.11. The number of hydrogen-bond donors (Lipinski definition) is 0. The summed E-state index contributed by atoms with van der Waals surface area (Å²) in [4.78, 5) is 10.9. The number of hydrogen-bond acceptors (Lipinski definition) is 3. The zero-order valence-electron chi connectivity index (χ0n) is 12.9. The van der Waals surface area contributed by atoms with Gasteiger partial charge in [-0.05, 0) is 37.4 Å². The second kappa shape index (κ2) is 10.0. The lowest BCUT2D eigenvalue weighted by atomic mass is 9.83. The molecule has 1 aliphatic rings. The van der Waals surface area contributed by atoms with Crippen LogP contribution in [0.1, 0.15) is 44.9 Å². The van der Waals surface area contributed by atoms with Crippen molar-refractivity contribution in [2.45, 2.75) is 51.1 Å². The van der Waals surface area contributed by atoms with Crippen LogP contribution in [0.2, 0.25) is 0 Å². The molecule has 126 valence electrons. The lowest BCUT2D eigenvalue weighted by Gasteiger charge is -2.25. The fraction of sp³-hybridized carbons (Fsp3) is 0.812. The lowest BCUT2D eigenvalue weighted by Crippen LogP contribution is -2.16. The zero-order chi connectivity index (χ0) is 16.4. The third-order valence-electron chi connectivity index (χ3n) is 3.72. The highest BCUT2D eigenvalue weighted by atomic mass is 32.2. The van der Waals surface area contributed by atoms with Crippen LogP contribution in [0.25, 0.3) is 0 Å². The van der Waals surface area contributed by atoms with Crippen molar-refractivity contribution in [1.82, 2.24) is 0 Å². The SMILES string of the molecule is COC(=O)CCC#CC1CCC(CSCCC(F)(F)F)CC1. The maximum absolute atomic E-state index is 12.0. The highest BCUT2D eigenvalue weighted by Crippen LogP contribution is 2.31. The highest BCUT2D eigenvalue weighted by Gasteiger charge is 2.26. The molecular weight excluding hydrogens is 313 g/mol. The Morgan fingerprint density at radius 1 is 1.27 bits per heavy atom. The normalized spacial score (nSPS) is 21.8. The van der Waals surface area contributed by atoms with E-state index in [1.54, 1.807) is 0 Å². The average molecular weight is 336 g/mol. The molecular formula is C16H23F3O2S. The van der Waals surface area contributed by atoms with Crippen LogP contribution in [0.3, 0.4) is 0 Å². The van der Waals surface area contributed by atoms with Crippen molar-refractivity contribution in [3.63, 3.8) is 0 Å². The van der Waals surface area contributed by atoms with E-state index in [1.807, 2.05) is 0 Å². The second-order valence-electron chi connectivity index (χ2n) is 5.55. The molecule has 1 rings (SSSR count). The summed E-state index contributed by atoms with van der Waals surface area (Å²) < 4.78 is 40.7. The predicted molar refractivity (Wildman–Crippen MR) is 82.5 cm³/mol. The molecule has 0 heterocycles. The first-order chi connectivity index (χ1) is 10.4. The Bertz CT molecular complexity index is 390. The van der Waals surface area contributed by atoms with Gasteiger partial charge in [-0.1, -0.05) is 5.92 Å². The summed E-state index contributed by atoms with van der Waals surface area (Å²) in [7, 11) is 1.36. The summed E-state index contributed by atoms with van der Waals surface area (Å²) in [5, 5.41) is 0. The molecule has 0 aliphatic heterocycles. The monoisotopic (exact) mass is 336 g/mol. The van der Waals surface area contributed by atoms with E-state index in [0.717, 1.165) is 31.4 Å². The molecule has 6 heteroatoms. The fourth-order valence-corrected chi connectivity index (χ4v) is 3.60. The van der Waals surface area contributed by atoms with Crippen LogP contribution in [0.4, 0.5) is 13.2 Å². The molecule has 0 amide bonds. The van der Waals surface area contributed by atoms with Crippen molar-refractivity contribution >= 4 is 17.7 Å². The predicted octanol–water partition coefficient (Wildman–Crippen LogP) is 4.44. The van der Waals surface area contributed by atoms with Gasteiger partial charge in [-0.2, -0.15) is 24.9 Å². The van der Waals surface area contributed by atoms with E-state index in [2.05, 4.69) is 16.6 Å². The van der Waals surface area contributed by atoms with Gasteiger partial charge >= 0.3 is 12.1 Å². The molecule has 1 saturated carbocycles. The molecule has 0 aromatic carbocycles. The van der Waals surface area contributed by atoms with Crippen molar-refractivity contribution in [2.75, 3.05) is 18.6 Å². The third-order valence-corrected chi connectivity index (χ3v) is 4.92. The topological polar surface area (TPSA) is 26.3 Å². The summed E-state index contributed by atoms with van der Waals surface area (Å²) >= 11 is 1.41. The first kappa shape index (κ1) is 19.2. The molecule has 0 spiro atoms. The Kier molecular flexibility index (Phi) is 8.77. The van der Waals surface area contributed by atoms with Crippen LogP contribution in [0, 0.1) is 23.7 Å². The Labute approximate surface area is 134 Å². The molecule has 1 fully saturated rings. The Hall–Kier alpha value is -0.830. The molecule has 0 radical (unpaired) electrons. The lowest BCUT2D eigenvalue weighted by molar-refractivity contribution is -0.140. The van der Waals surface area contributed by atoms with Crippen molar-refractivity contribution in [3.05, 3.63) is 0 Å². The number of alkyl halides is 3. The molecule has 0 atom stereocenters. The standard InChI is InChI=1S/C16H23F3O2S/c1-21-15(20)5-3-2-4-13-6-8-14(9-7-13)12-22-11-10-16(17,18)19/h13-14H,3,5-12H2,1H3. The number of methoxy groups -OCH3 is 1. The molecule has 0 aromatic rings. The quantitative estimate of drug-likeness (QED) is 0.408. The molecule has 22 heavy (non-hydrogen) atoms. The first-order valence-electron chi connectivity index (χ1n) is 7.60. The minimum Gasteiger partial charge on any atom is -0.469 e. The van der Waals surface area contributed by atoms with Gasteiger partial charge < -0.3 is 4.74 Å². The highest BCUT2D eigenvalue weighted by molar-refractivity contribution is 7.99. The third kappa shape index (κ3) is 9.24. The van der Waals surface area contributed by atoms with Crippen LogP contribution in [-0.4, -0.2) is 30.8 Å². The van der Waals surface area contributed by atoms with Crippen LogP contribution in [0.5, 0.6) is 0 Å². The summed E-state index contributed by atoms with van der Waals surface area (Å²) in [5.74, 6) is 7.85. The van der Waals surface area contributed by atoms with E-state index in [4.69, 9.17) is 0 Å². The van der Waals surface area contributed by atoms with E-state index in [0.29, 0.717) is 24.7 Å². The van der Waals surface area contributed by atoms with Gasteiger partial charge in [0.2, 0.25) is 0 Å². The average Bonchev–Trinajstić information content (AvgIpc) is 2.48. The minimum absolute atomic E-state index is 0.163. The van der Waals surface area contributed by atoms with Gasteiger partial charge in [-0.15, -0.1) is 5.92 Å². The van der Waals surface area contributed by atoms with Gasteiger partial charge in [-0.3, -0.25) is 4.79 Å². The molecule has 0 unspecified atom stereocenters. The maximum atomic E-state index is 12.0. The zero-order valence-corrected chi connectivity index (χ0v) is 13.7. The van der Waals surface area contributed by atoms with Crippen molar-refractivity contribution in [3.8, 4) is 11.8 Å². The maximum Gasteiger partial charge on any atom is 0.389 e. The number of esters is 1. The summed E-state index contributed by atoms with van der Waals surface area (Å²) in [6, 6.07) is 0. The van der Waals surface area contributed by atoms with Crippen molar-refractivity contribution in [1.29, 1.82) is 0 Å². The Morgan fingerprint density at radius 3 is 2.55 bits per heavy atom. The second-order valence-corrected chi connectivity index (χ2v) is 6.70. The molecule has 0 saturated heterocycles. The molecule has 1 aliphatic carbocycles. The smallest absolute Gasteiger partial charge is 0.389 e. The number of halogens is 3. The van der Waals surface area contributed by atoms with Crippen LogP contribution in [-0.2, 0) is 9.53 Å². The largest absolute Gasteiger partial charge is 0.469 e. The molecule has 2 nitrogen and oxygen atoms in total. The van der Waals surface area contributed by atoms with Crippen LogP contribution >= 0.6 is 11.8 Å². The van der Waals surface area contributed by atoms with Crippen molar-refractivity contribution in [2.24, 2.45) is 11.8 Å². The molecule has 0 N–H and O–H groups in total. The van der Waals surface area contributed by atoms with E-state index in [1.165, 1.54) is 18.9 Å². The fourth-order valence-electron chi connectivity index (χ4n) is 2.39. The molecule has 0 aromatic heterocycles. The van der Waals surface area contributed by atoms with E-state index in [-0.39, 0.29) is 11.7 Å².